The van der Waals surface area contributed by atoms with Crippen molar-refractivity contribution in [3.05, 3.63) is 146 Å². The van der Waals surface area contributed by atoms with Gasteiger partial charge in [0.2, 0.25) is 5.89 Å². The van der Waals surface area contributed by atoms with Crippen LogP contribution in [0.4, 0.5) is 17.1 Å². The monoisotopic (exact) mass is 488 g/mol. The Morgan fingerprint density at radius 1 is 0.447 bits per heavy atom. The molecule has 1 heterocycles. The molecule has 38 heavy (non-hydrogen) atoms. The van der Waals surface area contributed by atoms with Crippen molar-refractivity contribution in [1.82, 2.24) is 4.98 Å². The van der Waals surface area contributed by atoms with Gasteiger partial charge in [0.05, 0.1) is 0 Å². The molecule has 0 amide bonds. The number of rotatable bonds is 5. The van der Waals surface area contributed by atoms with Gasteiger partial charge in [0.25, 0.3) is 0 Å². The largest absolute Gasteiger partial charge is 0.435 e. The summed E-state index contributed by atoms with van der Waals surface area (Å²) in [6.07, 6.45) is 0. The zero-order valence-electron chi connectivity index (χ0n) is 20.7. The lowest BCUT2D eigenvalue weighted by molar-refractivity contribution is 0.623. The Kier molecular flexibility index (Phi) is 5.45. The SMILES string of the molecule is c1ccc(-c2ccc(N(c3ccccc3)c3ccc(-c4nc5ccc6ccccc6c5o4)cc3)cc2)cc1. The molecule has 0 aliphatic heterocycles. The second-order valence-electron chi connectivity index (χ2n) is 9.28. The normalized spacial score (nSPS) is 11.2. The summed E-state index contributed by atoms with van der Waals surface area (Å²) in [5, 5.41) is 2.23. The molecule has 0 spiro atoms. The van der Waals surface area contributed by atoms with Crippen molar-refractivity contribution in [3.63, 3.8) is 0 Å². The standard InChI is InChI=1S/C35H24N2O/c1-3-9-25(10-4-1)26-15-20-30(21-16-26)37(29-12-5-2-6-13-29)31-22-17-28(18-23-31)35-36-33-24-19-27-11-7-8-14-32(27)34(33)38-35/h1-24H. The number of oxazole rings is 1. The molecule has 0 saturated heterocycles. The minimum atomic E-state index is 0.626. The van der Waals surface area contributed by atoms with Crippen LogP contribution in [0.1, 0.15) is 0 Å². The van der Waals surface area contributed by atoms with Crippen LogP contribution in [0.3, 0.4) is 0 Å². The molecular formula is C35H24N2O. The molecule has 0 unspecified atom stereocenters. The van der Waals surface area contributed by atoms with Crippen LogP contribution in [0.15, 0.2) is 150 Å². The molecule has 3 nitrogen and oxygen atoms in total. The maximum absolute atomic E-state index is 6.27. The fraction of sp³-hybridized carbons (Fsp3) is 0. The summed E-state index contributed by atoms with van der Waals surface area (Å²) >= 11 is 0. The predicted molar refractivity (Wildman–Crippen MR) is 157 cm³/mol. The van der Waals surface area contributed by atoms with Gasteiger partial charge in [-0.15, -0.1) is 0 Å². The first-order valence-electron chi connectivity index (χ1n) is 12.7. The summed E-state index contributed by atoms with van der Waals surface area (Å²) in [4.78, 5) is 7.04. The Labute approximate surface area is 221 Å². The molecule has 6 aromatic carbocycles. The molecule has 0 fully saturated rings. The first-order valence-corrected chi connectivity index (χ1v) is 12.7. The van der Waals surface area contributed by atoms with Gasteiger partial charge in [0.15, 0.2) is 5.58 Å². The van der Waals surface area contributed by atoms with E-state index < -0.39 is 0 Å². The second kappa shape index (κ2) is 9.38. The molecule has 180 valence electrons. The summed E-state index contributed by atoms with van der Waals surface area (Å²) in [7, 11) is 0. The Bertz CT molecular complexity index is 1840. The van der Waals surface area contributed by atoms with E-state index in [1.165, 1.54) is 11.1 Å². The smallest absolute Gasteiger partial charge is 0.227 e. The predicted octanol–water partition coefficient (Wildman–Crippen LogP) is 9.78. The van der Waals surface area contributed by atoms with Crippen molar-refractivity contribution in [2.24, 2.45) is 0 Å². The third-order valence-corrected chi connectivity index (χ3v) is 6.90. The molecule has 7 rings (SSSR count). The number of benzene rings is 6. The second-order valence-corrected chi connectivity index (χ2v) is 9.28. The minimum absolute atomic E-state index is 0.626. The number of hydrogen-bond donors (Lipinski definition) is 0. The van der Waals surface area contributed by atoms with Crippen LogP contribution < -0.4 is 4.90 Å². The average molecular weight is 489 g/mol. The molecule has 0 atom stereocenters. The lowest BCUT2D eigenvalue weighted by atomic mass is 10.0. The van der Waals surface area contributed by atoms with Crippen molar-refractivity contribution in [3.8, 4) is 22.6 Å². The minimum Gasteiger partial charge on any atom is -0.435 e. The third-order valence-electron chi connectivity index (χ3n) is 6.90. The zero-order chi connectivity index (χ0) is 25.3. The molecule has 7 aromatic rings. The van der Waals surface area contributed by atoms with E-state index >= 15 is 0 Å². The van der Waals surface area contributed by atoms with Gasteiger partial charge in [-0.25, -0.2) is 4.98 Å². The van der Waals surface area contributed by atoms with Crippen LogP contribution in [-0.4, -0.2) is 4.98 Å². The number of nitrogens with zero attached hydrogens (tertiary/aromatic N) is 2. The van der Waals surface area contributed by atoms with E-state index in [-0.39, 0.29) is 0 Å². The number of fused-ring (bicyclic) bond motifs is 3. The Morgan fingerprint density at radius 3 is 1.71 bits per heavy atom. The fourth-order valence-electron chi connectivity index (χ4n) is 4.99. The lowest BCUT2D eigenvalue weighted by Crippen LogP contribution is -2.09. The molecule has 3 heteroatoms. The van der Waals surface area contributed by atoms with E-state index in [1.54, 1.807) is 0 Å². The molecule has 0 aliphatic carbocycles. The number of hydrogen-bond acceptors (Lipinski definition) is 3. The zero-order valence-corrected chi connectivity index (χ0v) is 20.7. The van der Waals surface area contributed by atoms with Crippen molar-refractivity contribution in [2.45, 2.75) is 0 Å². The van der Waals surface area contributed by atoms with E-state index in [1.807, 2.05) is 30.3 Å². The number of anilines is 3. The van der Waals surface area contributed by atoms with Gasteiger partial charge < -0.3 is 9.32 Å². The van der Waals surface area contributed by atoms with Gasteiger partial charge in [0.1, 0.15) is 5.52 Å². The van der Waals surface area contributed by atoms with Crippen molar-refractivity contribution in [2.75, 3.05) is 4.90 Å². The summed E-state index contributed by atoms with van der Waals surface area (Å²) in [6.45, 7) is 0. The Hall–Kier alpha value is -5.15. The van der Waals surface area contributed by atoms with E-state index in [4.69, 9.17) is 9.40 Å². The molecule has 1 aromatic heterocycles. The van der Waals surface area contributed by atoms with Crippen LogP contribution in [0.5, 0.6) is 0 Å². The highest BCUT2D eigenvalue weighted by Gasteiger charge is 2.15. The molecule has 0 aliphatic rings. The highest BCUT2D eigenvalue weighted by molar-refractivity contribution is 6.03. The highest BCUT2D eigenvalue weighted by atomic mass is 16.3. The molecule has 0 bridgehead atoms. The first kappa shape index (κ1) is 22.1. The highest BCUT2D eigenvalue weighted by Crippen LogP contribution is 2.37. The number of para-hydroxylation sites is 1. The van der Waals surface area contributed by atoms with Crippen LogP contribution in [0, 0.1) is 0 Å². The molecule has 0 N–H and O–H groups in total. The molecular weight excluding hydrogens is 464 g/mol. The average Bonchev–Trinajstić information content (AvgIpc) is 3.44. The number of aromatic nitrogens is 1. The van der Waals surface area contributed by atoms with Crippen LogP contribution in [-0.2, 0) is 0 Å². The summed E-state index contributed by atoms with van der Waals surface area (Å²) in [5.74, 6) is 0.626. The third kappa shape index (κ3) is 4.00. The first-order chi connectivity index (χ1) is 18.8. The van der Waals surface area contributed by atoms with Gasteiger partial charge >= 0.3 is 0 Å². The Balaban J connectivity index is 1.26. The van der Waals surface area contributed by atoms with Crippen molar-refractivity contribution < 1.29 is 4.42 Å². The topological polar surface area (TPSA) is 29.3 Å². The van der Waals surface area contributed by atoms with E-state index in [2.05, 4.69) is 120 Å². The van der Waals surface area contributed by atoms with E-state index in [0.29, 0.717) is 5.89 Å². The van der Waals surface area contributed by atoms with Gasteiger partial charge in [-0.2, -0.15) is 0 Å². The van der Waals surface area contributed by atoms with Crippen molar-refractivity contribution >= 4 is 38.9 Å². The van der Waals surface area contributed by atoms with Crippen LogP contribution in [0.2, 0.25) is 0 Å². The van der Waals surface area contributed by atoms with Gasteiger partial charge in [0, 0.05) is 28.0 Å². The maximum Gasteiger partial charge on any atom is 0.227 e. The quantitative estimate of drug-likeness (QED) is 0.241. The maximum atomic E-state index is 6.27. The van der Waals surface area contributed by atoms with Gasteiger partial charge in [-0.1, -0.05) is 91.0 Å². The van der Waals surface area contributed by atoms with E-state index in [0.717, 1.165) is 44.5 Å². The molecule has 0 radical (unpaired) electrons. The fourth-order valence-corrected chi connectivity index (χ4v) is 4.99. The van der Waals surface area contributed by atoms with Crippen LogP contribution >= 0.6 is 0 Å². The van der Waals surface area contributed by atoms with E-state index in [9.17, 15) is 0 Å². The van der Waals surface area contributed by atoms with Crippen LogP contribution in [0.25, 0.3) is 44.5 Å². The van der Waals surface area contributed by atoms with Crippen molar-refractivity contribution in [1.29, 1.82) is 0 Å². The summed E-state index contributed by atoms with van der Waals surface area (Å²) < 4.78 is 6.27. The van der Waals surface area contributed by atoms with Gasteiger partial charge in [-0.05, 0) is 71.1 Å². The lowest BCUT2D eigenvalue weighted by Gasteiger charge is -2.25. The Morgan fingerprint density at radius 2 is 1.00 bits per heavy atom. The van der Waals surface area contributed by atoms with Gasteiger partial charge in [-0.3, -0.25) is 0 Å². The summed E-state index contributed by atoms with van der Waals surface area (Å²) in [6, 6.07) is 50.4. The summed E-state index contributed by atoms with van der Waals surface area (Å²) in [5.41, 5.74) is 8.30. The molecule has 0 saturated carbocycles.